The summed E-state index contributed by atoms with van der Waals surface area (Å²) in [6.07, 6.45) is -0.0648. The molecule has 0 radical (unpaired) electrons. The van der Waals surface area contributed by atoms with Crippen LogP contribution in [0.3, 0.4) is 0 Å². The van der Waals surface area contributed by atoms with Crippen LogP contribution in [-0.4, -0.2) is 0 Å². The van der Waals surface area contributed by atoms with Crippen molar-refractivity contribution < 1.29 is 4.74 Å². The SMILES string of the molecule is c1ccc([C@H]2c3ccc4c5c3[C@@H]([C@H](c3ccccc3)c3ccccc3[C@H]5[C@H](c3ccccc3)O4)[C@@H]2c2ccccc2)cc1. The Morgan fingerprint density at radius 3 is 1.37 bits per heavy atom. The number of ether oxygens (including phenoxy) is 1. The molecule has 6 atom stereocenters. The molecule has 1 aliphatic heterocycles. The first-order chi connectivity index (χ1) is 21.4. The van der Waals surface area contributed by atoms with E-state index in [-0.39, 0.29) is 35.7 Å². The Morgan fingerprint density at radius 1 is 0.326 bits per heavy atom. The van der Waals surface area contributed by atoms with Crippen molar-refractivity contribution in [2.75, 3.05) is 0 Å². The van der Waals surface area contributed by atoms with Gasteiger partial charge in [-0.05, 0) is 50.6 Å². The lowest BCUT2D eigenvalue weighted by atomic mass is 9.69. The Bertz CT molecular complexity index is 1910. The molecule has 0 unspecified atom stereocenters. The van der Waals surface area contributed by atoms with Crippen LogP contribution in [0.1, 0.15) is 85.8 Å². The first-order valence-electron chi connectivity index (χ1n) is 15.5. The number of hydrogen-bond donors (Lipinski definition) is 0. The summed E-state index contributed by atoms with van der Waals surface area (Å²) < 4.78 is 6.98. The van der Waals surface area contributed by atoms with Crippen molar-refractivity contribution in [2.24, 2.45) is 0 Å². The highest BCUT2D eigenvalue weighted by Crippen LogP contribution is 2.68. The van der Waals surface area contributed by atoms with Gasteiger partial charge in [-0.25, -0.2) is 0 Å². The molecule has 0 amide bonds. The van der Waals surface area contributed by atoms with Crippen molar-refractivity contribution in [3.8, 4) is 5.75 Å². The smallest absolute Gasteiger partial charge is 0.135 e. The van der Waals surface area contributed by atoms with Crippen molar-refractivity contribution in [3.63, 3.8) is 0 Å². The third kappa shape index (κ3) is 3.71. The Morgan fingerprint density at radius 2 is 0.791 bits per heavy atom. The number of fused-ring (bicyclic) bond motifs is 2. The molecule has 0 saturated carbocycles. The minimum Gasteiger partial charge on any atom is -0.484 e. The molecule has 206 valence electrons. The van der Waals surface area contributed by atoms with E-state index in [1.807, 2.05) is 0 Å². The molecule has 3 aliphatic rings. The molecule has 0 fully saturated rings. The van der Waals surface area contributed by atoms with E-state index in [0.717, 1.165) is 5.75 Å². The highest BCUT2D eigenvalue weighted by molar-refractivity contribution is 5.67. The monoisotopic (exact) mass is 552 g/mol. The minimum atomic E-state index is -0.0648. The molecule has 9 rings (SSSR count). The van der Waals surface area contributed by atoms with Gasteiger partial charge >= 0.3 is 0 Å². The van der Waals surface area contributed by atoms with E-state index >= 15 is 0 Å². The normalized spacial score (nSPS) is 24.5. The molecule has 0 aromatic heterocycles. The van der Waals surface area contributed by atoms with Crippen LogP contribution in [-0.2, 0) is 0 Å². The van der Waals surface area contributed by atoms with Gasteiger partial charge in [-0.2, -0.15) is 0 Å². The quantitative estimate of drug-likeness (QED) is 0.211. The summed E-state index contributed by atoms with van der Waals surface area (Å²) in [5.74, 6) is 2.17. The second-order valence-corrected chi connectivity index (χ2v) is 12.3. The van der Waals surface area contributed by atoms with E-state index in [4.69, 9.17) is 4.74 Å². The molecule has 1 heteroatoms. The lowest BCUT2D eigenvalue weighted by Crippen LogP contribution is -2.20. The van der Waals surface area contributed by atoms with Crippen LogP contribution in [0.25, 0.3) is 0 Å². The van der Waals surface area contributed by atoms with Gasteiger partial charge in [0.05, 0.1) is 5.92 Å². The Balaban J connectivity index is 1.40. The van der Waals surface area contributed by atoms with Crippen molar-refractivity contribution in [1.82, 2.24) is 0 Å². The standard InChI is InChI=1S/C42H32O/c1-5-15-27(16-6-1)35-31-23-13-14-24-32(31)39-40-34(43-42(39)30-21-11-4-12-22-30)26-25-33-36(28-17-7-2-8-18-28)37(41(35)38(33)40)29-19-9-3-10-20-29/h1-26,35-37,39,41-42H/t35-,36+,37-,39-,41+,42+/m1/s1. The minimum absolute atomic E-state index is 0.0648. The molecular formula is C42H32O. The van der Waals surface area contributed by atoms with E-state index < -0.39 is 0 Å². The maximum absolute atomic E-state index is 6.98. The molecule has 1 heterocycles. The molecular weight excluding hydrogens is 520 g/mol. The highest BCUT2D eigenvalue weighted by atomic mass is 16.5. The Labute approximate surface area is 253 Å². The summed E-state index contributed by atoms with van der Waals surface area (Å²) in [6.45, 7) is 0. The Kier molecular flexibility index (Phi) is 5.66. The average Bonchev–Trinajstić information content (AvgIpc) is 3.60. The van der Waals surface area contributed by atoms with Crippen molar-refractivity contribution in [3.05, 3.63) is 208 Å². The maximum Gasteiger partial charge on any atom is 0.135 e. The van der Waals surface area contributed by atoms with Gasteiger partial charge in [-0.3, -0.25) is 0 Å². The van der Waals surface area contributed by atoms with Gasteiger partial charge in [0.15, 0.2) is 0 Å². The van der Waals surface area contributed by atoms with E-state index in [1.54, 1.807) is 0 Å². The highest BCUT2D eigenvalue weighted by Gasteiger charge is 2.54. The van der Waals surface area contributed by atoms with Crippen LogP contribution in [0.5, 0.6) is 5.75 Å². The van der Waals surface area contributed by atoms with E-state index in [2.05, 4.69) is 158 Å². The van der Waals surface area contributed by atoms with Gasteiger partial charge in [-0.15, -0.1) is 0 Å². The van der Waals surface area contributed by atoms with Crippen LogP contribution in [0.2, 0.25) is 0 Å². The molecule has 1 nitrogen and oxygen atoms in total. The van der Waals surface area contributed by atoms with Gasteiger partial charge in [-0.1, -0.05) is 152 Å². The van der Waals surface area contributed by atoms with Gasteiger partial charge in [0, 0.05) is 29.2 Å². The van der Waals surface area contributed by atoms with Crippen molar-refractivity contribution in [1.29, 1.82) is 0 Å². The lowest BCUT2D eigenvalue weighted by Gasteiger charge is -2.33. The maximum atomic E-state index is 6.98. The van der Waals surface area contributed by atoms with Crippen LogP contribution in [0.15, 0.2) is 158 Å². The summed E-state index contributed by atoms with van der Waals surface area (Å²) in [4.78, 5) is 0. The lowest BCUT2D eigenvalue weighted by molar-refractivity contribution is 0.222. The van der Waals surface area contributed by atoms with Gasteiger partial charge in [0.1, 0.15) is 11.9 Å². The second kappa shape index (κ2) is 9.85. The average molecular weight is 553 g/mol. The first-order valence-corrected chi connectivity index (χ1v) is 15.5. The van der Waals surface area contributed by atoms with Crippen LogP contribution in [0.4, 0.5) is 0 Å². The van der Waals surface area contributed by atoms with Crippen LogP contribution < -0.4 is 4.74 Å². The summed E-state index contributed by atoms with van der Waals surface area (Å²) in [5, 5.41) is 0. The zero-order valence-electron chi connectivity index (χ0n) is 23.9. The molecule has 43 heavy (non-hydrogen) atoms. The molecule has 0 N–H and O–H groups in total. The van der Waals surface area contributed by atoms with Crippen molar-refractivity contribution in [2.45, 2.75) is 35.7 Å². The molecule has 0 saturated heterocycles. The summed E-state index contributed by atoms with van der Waals surface area (Å²) in [6, 6.07) is 58.5. The zero-order chi connectivity index (χ0) is 28.3. The van der Waals surface area contributed by atoms with Gasteiger partial charge < -0.3 is 4.74 Å². The van der Waals surface area contributed by atoms with E-state index in [9.17, 15) is 0 Å². The number of hydrogen-bond acceptors (Lipinski definition) is 1. The first kappa shape index (κ1) is 24.7. The molecule has 6 aromatic rings. The summed E-state index contributed by atoms with van der Waals surface area (Å²) in [5.41, 5.74) is 12.6. The fraction of sp³-hybridized carbons (Fsp3) is 0.143. The van der Waals surface area contributed by atoms with Crippen molar-refractivity contribution >= 4 is 0 Å². The summed E-state index contributed by atoms with van der Waals surface area (Å²) in [7, 11) is 0. The number of rotatable bonds is 4. The molecule has 2 aliphatic carbocycles. The van der Waals surface area contributed by atoms with Crippen LogP contribution in [0, 0.1) is 0 Å². The second-order valence-electron chi connectivity index (χ2n) is 12.3. The third-order valence-corrected chi connectivity index (χ3v) is 10.2. The van der Waals surface area contributed by atoms with E-state index in [1.165, 1.54) is 50.1 Å². The Hall–Kier alpha value is -4.88. The predicted molar refractivity (Wildman–Crippen MR) is 173 cm³/mol. The van der Waals surface area contributed by atoms with Gasteiger partial charge in [0.2, 0.25) is 0 Å². The largest absolute Gasteiger partial charge is 0.484 e. The fourth-order valence-corrected chi connectivity index (χ4v) is 8.67. The third-order valence-electron chi connectivity index (χ3n) is 10.2. The molecule has 0 bridgehead atoms. The topological polar surface area (TPSA) is 9.23 Å². The number of benzene rings is 6. The molecule has 6 aromatic carbocycles. The zero-order valence-corrected chi connectivity index (χ0v) is 23.9. The van der Waals surface area contributed by atoms with E-state index in [0.29, 0.717) is 0 Å². The fourth-order valence-electron chi connectivity index (χ4n) is 8.67. The van der Waals surface area contributed by atoms with Gasteiger partial charge in [0.25, 0.3) is 0 Å². The predicted octanol–water partition coefficient (Wildman–Crippen LogP) is 10.1. The summed E-state index contributed by atoms with van der Waals surface area (Å²) >= 11 is 0. The van der Waals surface area contributed by atoms with Crippen LogP contribution >= 0.6 is 0 Å². The molecule has 0 spiro atoms.